The van der Waals surface area contributed by atoms with Gasteiger partial charge in [0.15, 0.2) is 0 Å². The third-order valence-corrected chi connectivity index (χ3v) is 3.21. The van der Waals surface area contributed by atoms with Crippen LogP contribution in [0.15, 0.2) is 0 Å². The van der Waals surface area contributed by atoms with Gasteiger partial charge in [-0.05, 0) is 38.1 Å². The van der Waals surface area contributed by atoms with Crippen LogP contribution in [0.5, 0.6) is 0 Å². The molecule has 1 fully saturated rings. The van der Waals surface area contributed by atoms with Crippen LogP contribution in [-0.4, -0.2) is 25.8 Å². The molecule has 2 heteroatoms. The van der Waals surface area contributed by atoms with Crippen LogP contribution < -0.4 is 5.32 Å². The fourth-order valence-corrected chi connectivity index (χ4v) is 1.93. The summed E-state index contributed by atoms with van der Waals surface area (Å²) >= 11 is 0. The van der Waals surface area contributed by atoms with Crippen LogP contribution in [0.4, 0.5) is 0 Å². The molecular formula is C11H23NO. The molecule has 0 bridgehead atoms. The van der Waals surface area contributed by atoms with Gasteiger partial charge in [-0.2, -0.15) is 0 Å². The molecule has 3 atom stereocenters. The lowest BCUT2D eigenvalue weighted by atomic mass is 9.88. The van der Waals surface area contributed by atoms with Crippen LogP contribution in [0.3, 0.4) is 0 Å². The Morgan fingerprint density at radius 3 is 2.77 bits per heavy atom. The molecule has 2 nitrogen and oxygen atoms in total. The Labute approximate surface area is 82.0 Å². The molecule has 1 heterocycles. The second-order valence-corrected chi connectivity index (χ2v) is 4.23. The van der Waals surface area contributed by atoms with Gasteiger partial charge < -0.3 is 10.1 Å². The lowest BCUT2D eigenvalue weighted by Gasteiger charge is -2.25. The van der Waals surface area contributed by atoms with Gasteiger partial charge in [-0.15, -0.1) is 0 Å². The first-order chi connectivity index (χ1) is 6.25. The molecule has 1 aliphatic rings. The van der Waals surface area contributed by atoms with Crippen molar-refractivity contribution in [3.05, 3.63) is 0 Å². The number of hydrogen-bond donors (Lipinski definition) is 1. The van der Waals surface area contributed by atoms with E-state index in [1.54, 1.807) is 0 Å². The van der Waals surface area contributed by atoms with Crippen molar-refractivity contribution in [3.8, 4) is 0 Å². The largest absolute Gasteiger partial charge is 0.381 e. The molecule has 0 aromatic carbocycles. The molecule has 0 aliphatic carbocycles. The normalized spacial score (nSPS) is 27.5. The van der Waals surface area contributed by atoms with Crippen LogP contribution in [0.1, 0.15) is 33.6 Å². The molecule has 0 spiro atoms. The molecular weight excluding hydrogens is 162 g/mol. The van der Waals surface area contributed by atoms with Crippen LogP contribution in [0.25, 0.3) is 0 Å². The lowest BCUT2D eigenvalue weighted by molar-refractivity contribution is 0.166. The van der Waals surface area contributed by atoms with Gasteiger partial charge in [-0.3, -0.25) is 0 Å². The molecule has 1 rings (SSSR count). The Bertz CT molecular complexity index is 132. The Balaban J connectivity index is 2.23. The predicted octanol–water partition coefficient (Wildman–Crippen LogP) is 2.05. The Hall–Kier alpha value is -0.0800. The quantitative estimate of drug-likeness (QED) is 0.708. The molecule has 0 aromatic heterocycles. The summed E-state index contributed by atoms with van der Waals surface area (Å²) in [4.78, 5) is 0. The molecule has 13 heavy (non-hydrogen) atoms. The summed E-state index contributed by atoms with van der Waals surface area (Å²) < 4.78 is 5.41. The second kappa shape index (κ2) is 5.61. The fourth-order valence-electron chi connectivity index (χ4n) is 1.93. The molecule has 1 aliphatic heterocycles. The maximum Gasteiger partial charge on any atom is 0.0498 e. The highest BCUT2D eigenvalue weighted by molar-refractivity contribution is 4.78. The molecule has 1 saturated heterocycles. The molecule has 0 radical (unpaired) electrons. The third-order valence-electron chi connectivity index (χ3n) is 3.21. The number of hydrogen-bond acceptors (Lipinski definition) is 2. The van der Waals surface area contributed by atoms with E-state index in [1.165, 1.54) is 12.8 Å². The topological polar surface area (TPSA) is 21.3 Å². The van der Waals surface area contributed by atoms with Gasteiger partial charge in [0.25, 0.3) is 0 Å². The first kappa shape index (κ1) is 11.0. The van der Waals surface area contributed by atoms with E-state index in [0.29, 0.717) is 6.04 Å². The van der Waals surface area contributed by atoms with Crippen molar-refractivity contribution in [2.45, 2.75) is 39.7 Å². The standard InChI is InChI=1S/C11H23NO/c1-4-6-12-10(3)9(2)11-5-7-13-8-11/h9-12H,4-8H2,1-3H3. The van der Waals surface area contributed by atoms with Crippen LogP contribution >= 0.6 is 0 Å². The Kier molecular flexibility index (Phi) is 4.74. The van der Waals surface area contributed by atoms with Gasteiger partial charge in [0.1, 0.15) is 0 Å². The molecule has 0 saturated carbocycles. The smallest absolute Gasteiger partial charge is 0.0498 e. The van der Waals surface area contributed by atoms with E-state index in [-0.39, 0.29) is 0 Å². The first-order valence-corrected chi connectivity index (χ1v) is 5.56. The SMILES string of the molecule is CCCNC(C)C(C)C1CCOC1. The van der Waals surface area contributed by atoms with Gasteiger partial charge in [0.05, 0.1) is 0 Å². The number of nitrogens with one attached hydrogen (secondary N) is 1. The van der Waals surface area contributed by atoms with E-state index >= 15 is 0 Å². The Morgan fingerprint density at radius 1 is 1.46 bits per heavy atom. The van der Waals surface area contributed by atoms with Crippen molar-refractivity contribution in [2.24, 2.45) is 11.8 Å². The molecule has 78 valence electrons. The van der Waals surface area contributed by atoms with E-state index in [2.05, 4.69) is 26.1 Å². The van der Waals surface area contributed by atoms with E-state index in [0.717, 1.165) is 31.6 Å². The molecule has 0 aromatic rings. The summed E-state index contributed by atoms with van der Waals surface area (Å²) in [7, 11) is 0. The van der Waals surface area contributed by atoms with E-state index < -0.39 is 0 Å². The predicted molar refractivity (Wildman–Crippen MR) is 55.8 cm³/mol. The van der Waals surface area contributed by atoms with Crippen LogP contribution in [0.2, 0.25) is 0 Å². The van der Waals surface area contributed by atoms with E-state index in [9.17, 15) is 0 Å². The van der Waals surface area contributed by atoms with E-state index in [4.69, 9.17) is 4.74 Å². The minimum Gasteiger partial charge on any atom is -0.381 e. The summed E-state index contributed by atoms with van der Waals surface area (Å²) in [5.74, 6) is 1.52. The van der Waals surface area contributed by atoms with Crippen molar-refractivity contribution in [1.29, 1.82) is 0 Å². The van der Waals surface area contributed by atoms with Gasteiger partial charge >= 0.3 is 0 Å². The maximum atomic E-state index is 5.41. The highest BCUT2D eigenvalue weighted by Crippen LogP contribution is 2.24. The Morgan fingerprint density at radius 2 is 2.23 bits per heavy atom. The highest BCUT2D eigenvalue weighted by Gasteiger charge is 2.25. The number of ether oxygens (including phenoxy) is 1. The second-order valence-electron chi connectivity index (χ2n) is 4.23. The fraction of sp³-hybridized carbons (Fsp3) is 1.00. The molecule has 3 unspecified atom stereocenters. The summed E-state index contributed by atoms with van der Waals surface area (Å²) in [5, 5.41) is 3.55. The zero-order valence-electron chi connectivity index (χ0n) is 9.18. The number of rotatable bonds is 5. The minimum absolute atomic E-state index is 0.631. The average molecular weight is 185 g/mol. The van der Waals surface area contributed by atoms with Gasteiger partial charge in [0.2, 0.25) is 0 Å². The van der Waals surface area contributed by atoms with Gasteiger partial charge in [-0.1, -0.05) is 13.8 Å². The van der Waals surface area contributed by atoms with Gasteiger partial charge in [0, 0.05) is 19.3 Å². The van der Waals surface area contributed by atoms with Crippen molar-refractivity contribution in [1.82, 2.24) is 5.32 Å². The first-order valence-electron chi connectivity index (χ1n) is 5.56. The summed E-state index contributed by atoms with van der Waals surface area (Å²) in [6.07, 6.45) is 2.47. The van der Waals surface area contributed by atoms with E-state index in [1.807, 2.05) is 0 Å². The maximum absolute atomic E-state index is 5.41. The van der Waals surface area contributed by atoms with Crippen molar-refractivity contribution in [3.63, 3.8) is 0 Å². The average Bonchev–Trinajstić information content (AvgIpc) is 2.65. The van der Waals surface area contributed by atoms with Crippen molar-refractivity contribution < 1.29 is 4.74 Å². The van der Waals surface area contributed by atoms with Crippen molar-refractivity contribution in [2.75, 3.05) is 19.8 Å². The minimum atomic E-state index is 0.631. The summed E-state index contributed by atoms with van der Waals surface area (Å²) in [6.45, 7) is 9.92. The zero-order chi connectivity index (χ0) is 9.68. The highest BCUT2D eigenvalue weighted by atomic mass is 16.5. The van der Waals surface area contributed by atoms with Gasteiger partial charge in [-0.25, -0.2) is 0 Å². The molecule has 1 N–H and O–H groups in total. The molecule has 0 amide bonds. The monoisotopic (exact) mass is 185 g/mol. The van der Waals surface area contributed by atoms with Crippen LogP contribution in [-0.2, 0) is 4.74 Å². The summed E-state index contributed by atoms with van der Waals surface area (Å²) in [5.41, 5.74) is 0. The third kappa shape index (κ3) is 3.28. The van der Waals surface area contributed by atoms with Crippen molar-refractivity contribution >= 4 is 0 Å². The zero-order valence-corrected chi connectivity index (χ0v) is 9.18. The lowest BCUT2D eigenvalue weighted by Crippen LogP contribution is -2.36. The summed E-state index contributed by atoms with van der Waals surface area (Å²) in [6, 6.07) is 0.631. The van der Waals surface area contributed by atoms with Crippen LogP contribution in [0, 0.1) is 11.8 Å².